The Morgan fingerprint density at radius 3 is 2.38 bits per heavy atom. The normalized spacial score (nSPS) is 20.3. The largest absolute Gasteiger partial charge is 0.378 e. The molecule has 6 rings (SSSR count). The van der Waals surface area contributed by atoms with Gasteiger partial charge < -0.3 is 20.7 Å². The van der Waals surface area contributed by atoms with E-state index >= 15 is 0 Å². The molecule has 1 aliphatic carbocycles. The summed E-state index contributed by atoms with van der Waals surface area (Å²) in [6.45, 7) is 5.06. The molecule has 0 amide bonds. The van der Waals surface area contributed by atoms with E-state index in [4.69, 9.17) is 20.6 Å². The Balaban J connectivity index is 1.32. The quantitative estimate of drug-likeness (QED) is 0.377. The van der Waals surface area contributed by atoms with Crippen molar-refractivity contribution in [3.63, 3.8) is 0 Å². The molecule has 4 aromatic rings. The van der Waals surface area contributed by atoms with Crippen molar-refractivity contribution in [3.05, 3.63) is 60.8 Å². The Morgan fingerprint density at radius 2 is 1.65 bits per heavy atom. The summed E-state index contributed by atoms with van der Waals surface area (Å²) in [7, 11) is 0. The van der Waals surface area contributed by atoms with Gasteiger partial charge >= 0.3 is 0 Å². The molecule has 192 valence electrons. The molecular weight excluding hydrogens is 462 g/mol. The highest BCUT2D eigenvalue weighted by Gasteiger charge is 2.23. The summed E-state index contributed by atoms with van der Waals surface area (Å²) < 4.78 is 7.61. The van der Waals surface area contributed by atoms with Crippen molar-refractivity contribution >= 4 is 28.4 Å². The second-order valence-corrected chi connectivity index (χ2v) is 10.2. The van der Waals surface area contributed by atoms with Gasteiger partial charge in [-0.1, -0.05) is 30.3 Å². The number of ether oxygens (including phenoxy) is 1. The summed E-state index contributed by atoms with van der Waals surface area (Å²) >= 11 is 0. The monoisotopic (exact) mass is 497 g/mol. The fourth-order valence-electron chi connectivity index (χ4n) is 5.56. The SMILES string of the molecule is NCC1CCC(Cn2nc(-c3ccc(N4CCOCC4)cc3)c3cnc(Nc4ccccc4)nc32)CC1. The number of benzene rings is 2. The minimum absolute atomic E-state index is 0.584. The van der Waals surface area contributed by atoms with Crippen LogP contribution in [0, 0.1) is 11.8 Å². The number of nitrogens with zero attached hydrogens (tertiary/aromatic N) is 5. The predicted molar refractivity (Wildman–Crippen MR) is 148 cm³/mol. The molecule has 1 saturated heterocycles. The van der Waals surface area contributed by atoms with Crippen LogP contribution in [0.3, 0.4) is 0 Å². The third kappa shape index (κ3) is 5.31. The van der Waals surface area contributed by atoms with Gasteiger partial charge in [0, 0.05) is 42.8 Å². The maximum atomic E-state index is 5.93. The van der Waals surface area contributed by atoms with Crippen molar-refractivity contribution in [1.29, 1.82) is 0 Å². The van der Waals surface area contributed by atoms with E-state index < -0.39 is 0 Å². The average molecular weight is 498 g/mol. The average Bonchev–Trinajstić information content (AvgIpc) is 3.32. The summed E-state index contributed by atoms with van der Waals surface area (Å²) in [5.41, 5.74) is 11.0. The van der Waals surface area contributed by atoms with Crippen LogP contribution in [0.15, 0.2) is 60.8 Å². The lowest BCUT2D eigenvalue weighted by molar-refractivity contribution is 0.122. The van der Waals surface area contributed by atoms with E-state index in [2.05, 4.69) is 44.1 Å². The van der Waals surface area contributed by atoms with Crippen LogP contribution < -0.4 is 16.0 Å². The first-order chi connectivity index (χ1) is 18.3. The highest BCUT2D eigenvalue weighted by molar-refractivity contribution is 5.91. The Bertz CT molecular complexity index is 1310. The van der Waals surface area contributed by atoms with Crippen LogP contribution in [0.1, 0.15) is 25.7 Å². The number of morpholine rings is 1. The van der Waals surface area contributed by atoms with Gasteiger partial charge in [0.15, 0.2) is 5.65 Å². The fourth-order valence-corrected chi connectivity index (χ4v) is 5.56. The summed E-state index contributed by atoms with van der Waals surface area (Å²) in [5.74, 6) is 1.83. The van der Waals surface area contributed by atoms with Gasteiger partial charge in [-0.25, -0.2) is 9.67 Å². The number of nitrogens with two attached hydrogens (primary N) is 1. The van der Waals surface area contributed by atoms with Crippen LogP contribution >= 0.6 is 0 Å². The van der Waals surface area contributed by atoms with Crippen LogP contribution in [0.4, 0.5) is 17.3 Å². The minimum Gasteiger partial charge on any atom is -0.378 e. The van der Waals surface area contributed by atoms with Crippen LogP contribution in [-0.4, -0.2) is 52.6 Å². The molecule has 2 aromatic carbocycles. The van der Waals surface area contributed by atoms with Crippen LogP contribution in [0.25, 0.3) is 22.3 Å². The molecular formula is C29H35N7O. The van der Waals surface area contributed by atoms with Gasteiger partial charge in [0.1, 0.15) is 5.69 Å². The van der Waals surface area contributed by atoms with Crippen molar-refractivity contribution in [2.75, 3.05) is 43.1 Å². The number of rotatable bonds is 7. The zero-order valence-electron chi connectivity index (χ0n) is 21.2. The molecule has 0 bridgehead atoms. The first-order valence-electron chi connectivity index (χ1n) is 13.5. The van der Waals surface area contributed by atoms with Gasteiger partial charge in [-0.15, -0.1) is 0 Å². The molecule has 0 atom stereocenters. The smallest absolute Gasteiger partial charge is 0.229 e. The highest BCUT2D eigenvalue weighted by Crippen LogP contribution is 2.33. The molecule has 0 radical (unpaired) electrons. The number of para-hydroxylation sites is 1. The summed E-state index contributed by atoms with van der Waals surface area (Å²) in [5, 5.41) is 9.43. The van der Waals surface area contributed by atoms with Crippen molar-refractivity contribution in [1.82, 2.24) is 19.7 Å². The molecule has 1 saturated carbocycles. The lowest BCUT2D eigenvalue weighted by Crippen LogP contribution is -2.36. The number of hydrogen-bond acceptors (Lipinski definition) is 7. The molecule has 1 aliphatic heterocycles. The van der Waals surface area contributed by atoms with Crippen LogP contribution in [0.5, 0.6) is 0 Å². The lowest BCUT2D eigenvalue weighted by Gasteiger charge is -2.28. The Hall–Kier alpha value is -3.49. The first-order valence-corrected chi connectivity index (χ1v) is 13.5. The van der Waals surface area contributed by atoms with Crippen LogP contribution in [0.2, 0.25) is 0 Å². The second kappa shape index (κ2) is 10.9. The van der Waals surface area contributed by atoms with Crippen molar-refractivity contribution < 1.29 is 4.74 Å². The molecule has 0 unspecified atom stereocenters. The molecule has 2 aromatic heterocycles. The Morgan fingerprint density at radius 1 is 0.919 bits per heavy atom. The van der Waals surface area contributed by atoms with Crippen molar-refractivity contribution in [2.24, 2.45) is 17.6 Å². The van der Waals surface area contributed by atoms with E-state index in [1.54, 1.807) is 0 Å². The van der Waals surface area contributed by atoms with Gasteiger partial charge in [-0.05, 0) is 68.3 Å². The van der Waals surface area contributed by atoms with E-state index in [1.807, 2.05) is 36.5 Å². The van der Waals surface area contributed by atoms with Crippen LogP contribution in [-0.2, 0) is 11.3 Å². The number of nitrogens with one attached hydrogen (secondary N) is 1. The van der Waals surface area contributed by atoms with E-state index in [0.29, 0.717) is 17.8 Å². The predicted octanol–water partition coefficient (Wildman–Crippen LogP) is 4.84. The molecule has 2 fully saturated rings. The Kier molecular flexibility index (Phi) is 7.01. The summed E-state index contributed by atoms with van der Waals surface area (Å²) in [6.07, 6.45) is 6.69. The standard InChI is InChI=1S/C29H35N7O/c30-18-21-6-8-22(9-7-21)20-36-28-26(19-31-29(33-28)32-24-4-2-1-3-5-24)27(34-36)23-10-12-25(13-11-23)35-14-16-37-17-15-35/h1-5,10-13,19,21-22H,6-9,14-18,20,30H2,(H,31,32,33). The molecule has 2 aliphatic rings. The molecule has 3 N–H and O–H groups in total. The van der Waals surface area contributed by atoms with Crippen molar-refractivity contribution in [3.8, 4) is 11.3 Å². The lowest BCUT2D eigenvalue weighted by atomic mass is 9.82. The maximum Gasteiger partial charge on any atom is 0.229 e. The molecule has 0 spiro atoms. The number of anilines is 3. The van der Waals surface area contributed by atoms with E-state index in [1.165, 1.54) is 31.4 Å². The molecule has 3 heterocycles. The minimum atomic E-state index is 0.584. The maximum absolute atomic E-state index is 5.93. The molecule has 8 heteroatoms. The fraction of sp³-hybridized carbons (Fsp3) is 0.414. The molecule has 8 nitrogen and oxygen atoms in total. The van der Waals surface area contributed by atoms with Gasteiger partial charge in [-0.2, -0.15) is 10.1 Å². The third-order valence-corrected chi connectivity index (χ3v) is 7.77. The summed E-state index contributed by atoms with van der Waals surface area (Å²) in [4.78, 5) is 12.0. The summed E-state index contributed by atoms with van der Waals surface area (Å²) in [6, 6.07) is 18.7. The first kappa shape index (κ1) is 23.9. The number of hydrogen-bond donors (Lipinski definition) is 2. The highest BCUT2D eigenvalue weighted by atomic mass is 16.5. The second-order valence-electron chi connectivity index (χ2n) is 10.2. The van der Waals surface area contributed by atoms with E-state index in [9.17, 15) is 0 Å². The zero-order valence-corrected chi connectivity index (χ0v) is 21.2. The Labute approximate surface area is 217 Å². The number of fused-ring (bicyclic) bond motifs is 1. The van der Waals surface area contributed by atoms with Crippen molar-refractivity contribution in [2.45, 2.75) is 32.2 Å². The third-order valence-electron chi connectivity index (χ3n) is 7.77. The van der Waals surface area contributed by atoms with Gasteiger partial charge in [0.05, 0.1) is 18.6 Å². The van der Waals surface area contributed by atoms with E-state index in [0.717, 1.165) is 67.4 Å². The van der Waals surface area contributed by atoms with E-state index in [-0.39, 0.29) is 0 Å². The topological polar surface area (TPSA) is 94.1 Å². The zero-order chi connectivity index (χ0) is 25.0. The molecule has 37 heavy (non-hydrogen) atoms. The van der Waals surface area contributed by atoms with Gasteiger partial charge in [0.2, 0.25) is 5.95 Å². The van der Waals surface area contributed by atoms with Gasteiger partial charge in [0.25, 0.3) is 0 Å². The number of aromatic nitrogens is 4. The van der Waals surface area contributed by atoms with Gasteiger partial charge in [-0.3, -0.25) is 0 Å².